The molecule has 0 saturated heterocycles. The van der Waals surface area contributed by atoms with Gasteiger partial charge in [0.15, 0.2) is 0 Å². The van der Waals surface area contributed by atoms with Gasteiger partial charge in [-0.3, -0.25) is 9.59 Å². The molecule has 1 fully saturated rings. The molecule has 2 rings (SSSR count). The van der Waals surface area contributed by atoms with Crippen molar-refractivity contribution in [3.05, 3.63) is 35.9 Å². The maximum Gasteiger partial charge on any atom is 0.311 e. The Bertz CT molecular complexity index is 453. The van der Waals surface area contributed by atoms with E-state index >= 15 is 0 Å². The zero-order valence-corrected chi connectivity index (χ0v) is 12.0. The van der Waals surface area contributed by atoms with E-state index < -0.39 is 11.8 Å². The number of hydrogen-bond acceptors (Lipinski definition) is 2. The zero-order valence-electron chi connectivity index (χ0n) is 12.0. The van der Waals surface area contributed by atoms with Crippen molar-refractivity contribution in [1.82, 2.24) is 10.2 Å². The van der Waals surface area contributed by atoms with E-state index in [4.69, 9.17) is 0 Å². The highest BCUT2D eigenvalue weighted by atomic mass is 16.2. The second-order valence-electron chi connectivity index (χ2n) is 5.46. The van der Waals surface area contributed by atoms with Crippen molar-refractivity contribution in [1.29, 1.82) is 0 Å². The average molecular weight is 274 g/mol. The molecule has 1 saturated carbocycles. The van der Waals surface area contributed by atoms with Gasteiger partial charge in [0.2, 0.25) is 0 Å². The standard InChI is InChI=1S/C16H22N2O2/c1-18(12-13-8-4-2-5-9-13)16(20)15(19)17-14-10-6-3-7-11-14/h2,4-5,8-9,14H,3,6-7,10-12H2,1H3,(H,17,19). The molecule has 108 valence electrons. The molecule has 1 N–H and O–H groups in total. The molecule has 0 radical (unpaired) electrons. The van der Waals surface area contributed by atoms with Crippen molar-refractivity contribution in [2.75, 3.05) is 7.05 Å². The van der Waals surface area contributed by atoms with E-state index in [0.29, 0.717) is 6.54 Å². The van der Waals surface area contributed by atoms with Crippen molar-refractivity contribution in [2.45, 2.75) is 44.7 Å². The lowest BCUT2D eigenvalue weighted by atomic mass is 9.95. The summed E-state index contributed by atoms with van der Waals surface area (Å²) in [6, 6.07) is 9.85. The van der Waals surface area contributed by atoms with Gasteiger partial charge in [0.05, 0.1) is 0 Å². The monoisotopic (exact) mass is 274 g/mol. The molecule has 0 spiro atoms. The highest BCUT2D eigenvalue weighted by molar-refractivity contribution is 6.34. The number of nitrogens with one attached hydrogen (secondary N) is 1. The number of benzene rings is 1. The number of hydrogen-bond donors (Lipinski definition) is 1. The summed E-state index contributed by atoms with van der Waals surface area (Å²) in [4.78, 5) is 25.4. The topological polar surface area (TPSA) is 49.4 Å². The molecular weight excluding hydrogens is 252 g/mol. The van der Waals surface area contributed by atoms with Gasteiger partial charge in [-0.15, -0.1) is 0 Å². The molecule has 1 aromatic rings. The highest BCUT2D eigenvalue weighted by Crippen LogP contribution is 2.17. The van der Waals surface area contributed by atoms with Crippen LogP contribution in [0.25, 0.3) is 0 Å². The molecule has 4 nitrogen and oxygen atoms in total. The number of nitrogens with zero attached hydrogens (tertiary/aromatic N) is 1. The fraction of sp³-hybridized carbons (Fsp3) is 0.500. The molecule has 0 aliphatic heterocycles. The van der Waals surface area contributed by atoms with Crippen LogP contribution in [0.5, 0.6) is 0 Å². The summed E-state index contributed by atoms with van der Waals surface area (Å²) in [7, 11) is 1.66. The smallest absolute Gasteiger partial charge is 0.311 e. The Kier molecular flexibility index (Phi) is 5.16. The van der Waals surface area contributed by atoms with E-state index in [1.807, 2.05) is 30.3 Å². The van der Waals surface area contributed by atoms with Crippen molar-refractivity contribution >= 4 is 11.8 Å². The molecule has 0 bridgehead atoms. The van der Waals surface area contributed by atoms with E-state index in [2.05, 4.69) is 5.32 Å². The number of amides is 2. The van der Waals surface area contributed by atoms with E-state index in [0.717, 1.165) is 31.2 Å². The molecular formula is C16H22N2O2. The van der Waals surface area contributed by atoms with E-state index in [1.165, 1.54) is 11.3 Å². The minimum Gasteiger partial charge on any atom is -0.345 e. The Labute approximate surface area is 120 Å². The third kappa shape index (κ3) is 4.08. The largest absolute Gasteiger partial charge is 0.345 e. The summed E-state index contributed by atoms with van der Waals surface area (Å²) in [5.74, 6) is -0.935. The summed E-state index contributed by atoms with van der Waals surface area (Å²) in [5.41, 5.74) is 1.02. The van der Waals surface area contributed by atoms with Crippen LogP contribution in [0, 0.1) is 0 Å². The maximum atomic E-state index is 12.0. The second kappa shape index (κ2) is 7.08. The Morgan fingerprint density at radius 1 is 1.15 bits per heavy atom. The quantitative estimate of drug-likeness (QED) is 0.858. The van der Waals surface area contributed by atoms with Gasteiger partial charge < -0.3 is 10.2 Å². The van der Waals surface area contributed by atoms with Gasteiger partial charge in [0, 0.05) is 19.6 Å². The van der Waals surface area contributed by atoms with Gasteiger partial charge in [-0.2, -0.15) is 0 Å². The lowest BCUT2D eigenvalue weighted by Gasteiger charge is -2.24. The molecule has 20 heavy (non-hydrogen) atoms. The third-order valence-corrected chi connectivity index (χ3v) is 3.74. The third-order valence-electron chi connectivity index (χ3n) is 3.74. The summed E-state index contributed by atoms with van der Waals surface area (Å²) in [6.45, 7) is 0.456. The van der Waals surface area contributed by atoms with Crippen LogP contribution in [0.15, 0.2) is 30.3 Å². The summed E-state index contributed by atoms with van der Waals surface area (Å²) in [6.07, 6.45) is 5.48. The molecule has 2 amide bonds. The van der Waals surface area contributed by atoms with Gasteiger partial charge >= 0.3 is 11.8 Å². The Morgan fingerprint density at radius 3 is 2.45 bits per heavy atom. The maximum absolute atomic E-state index is 12.0. The van der Waals surface area contributed by atoms with Gasteiger partial charge in [0.25, 0.3) is 0 Å². The Hall–Kier alpha value is -1.84. The number of rotatable bonds is 3. The van der Waals surface area contributed by atoms with Crippen LogP contribution >= 0.6 is 0 Å². The first-order valence-electron chi connectivity index (χ1n) is 7.26. The van der Waals surface area contributed by atoms with Crippen LogP contribution < -0.4 is 5.32 Å². The predicted octanol–water partition coefficient (Wildman–Crippen LogP) is 2.09. The minimum absolute atomic E-state index is 0.172. The summed E-state index contributed by atoms with van der Waals surface area (Å²) >= 11 is 0. The average Bonchev–Trinajstić information content (AvgIpc) is 2.48. The lowest BCUT2D eigenvalue weighted by molar-refractivity contribution is -0.145. The highest BCUT2D eigenvalue weighted by Gasteiger charge is 2.22. The van der Waals surface area contributed by atoms with Crippen LogP contribution in [0.2, 0.25) is 0 Å². The SMILES string of the molecule is CN(Cc1ccccc1)C(=O)C(=O)NC1CCCCC1. The fourth-order valence-corrected chi connectivity index (χ4v) is 2.60. The van der Waals surface area contributed by atoms with Crippen LogP contribution in [-0.4, -0.2) is 29.8 Å². The van der Waals surface area contributed by atoms with Crippen molar-refractivity contribution < 1.29 is 9.59 Å². The van der Waals surface area contributed by atoms with Crippen LogP contribution in [0.3, 0.4) is 0 Å². The van der Waals surface area contributed by atoms with Gasteiger partial charge in [0.1, 0.15) is 0 Å². The van der Waals surface area contributed by atoms with E-state index in [-0.39, 0.29) is 6.04 Å². The minimum atomic E-state index is -0.477. The summed E-state index contributed by atoms with van der Waals surface area (Å²) in [5, 5.41) is 2.86. The first-order valence-corrected chi connectivity index (χ1v) is 7.26. The summed E-state index contributed by atoms with van der Waals surface area (Å²) < 4.78 is 0. The molecule has 1 aliphatic rings. The molecule has 0 aromatic heterocycles. The van der Waals surface area contributed by atoms with Gasteiger partial charge in [-0.1, -0.05) is 49.6 Å². The second-order valence-corrected chi connectivity index (χ2v) is 5.46. The zero-order chi connectivity index (χ0) is 14.4. The number of carbonyl (C=O) groups is 2. The van der Waals surface area contributed by atoms with Gasteiger partial charge in [-0.25, -0.2) is 0 Å². The molecule has 0 heterocycles. The van der Waals surface area contributed by atoms with Crippen molar-refractivity contribution in [3.8, 4) is 0 Å². The molecule has 0 unspecified atom stereocenters. The van der Waals surface area contributed by atoms with Crippen LogP contribution in [0.4, 0.5) is 0 Å². The molecule has 0 atom stereocenters. The van der Waals surface area contributed by atoms with Gasteiger partial charge in [-0.05, 0) is 18.4 Å². The molecule has 1 aromatic carbocycles. The molecule has 4 heteroatoms. The van der Waals surface area contributed by atoms with E-state index in [9.17, 15) is 9.59 Å². The predicted molar refractivity (Wildman–Crippen MR) is 77.9 cm³/mol. The van der Waals surface area contributed by atoms with Crippen LogP contribution in [-0.2, 0) is 16.1 Å². The fourth-order valence-electron chi connectivity index (χ4n) is 2.60. The Morgan fingerprint density at radius 2 is 1.80 bits per heavy atom. The first-order chi connectivity index (χ1) is 9.66. The van der Waals surface area contributed by atoms with Crippen molar-refractivity contribution in [3.63, 3.8) is 0 Å². The molecule has 1 aliphatic carbocycles. The van der Waals surface area contributed by atoms with Crippen molar-refractivity contribution in [2.24, 2.45) is 0 Å². The number of carbonyl (C=O) groups excluding carboxylic acids is 2. The number of likely N-dealkylation sites (N-methyl/N-ethyl adjacent to an activating group) is 1. The normalized spacial score (nSPS) is 15.7. The lowest BCUT2D eigenvalue weighted by Crippen LogP contribution is -2.45. The van der Waals surface area contributed by atoms with Crippen LogP contribution in [0.1, 0.15) is 37.7 Å². The first kappa shape index (κ1) is 14.6. The Balaban J connectivity index is 1.84. The van der Waals surface area contributed by atoms with E-state index in [1.54, 1.807) is 7.05 Å².